The van der Waals surface area contributed by atoms with E-state index in [9.17, 15) is 4.79 Å². The van der Waals surface area contributed by atoms with E-state index in [2.05, 4.69) is 35.8 Å². The molecule has 0 spiro atoms. The molecule has 0 fully saturated rings. The maximum absolute atomic E-state index is 12.2. The smallest absolute Gasteiger partial charge is 0.293 e. The molecule has 0 radical (unpaired) electrons. The molecule has 0 bridgehead atoms. The molecule has 0 saturated carbocycles. The van der Waals surface area contributed by atoms with Crippen LogP contribution < -0.4 is 11.2 Å². The predicted molar refractivity (Wildman–Crippen MR) is 89.9 cm³/mol. The maximum Gasteiger partial charge on any atom is 0.293 e. The van der Waals surface area contributed by atoms with Crippen LogP contribution >= 0.6 is 23.2 Å². The largest absolute Gasteiger partial charge is 0.378 e. The number of aromatic nitrogens is 5. The van der Waals surface area contributed by atoms with Gasteiger partial charge in [0.15, 0.2) is 5.69 Å². The molecule has 2 heterocycles. The molecule has 2 aromatic heterocycles. The Balaban J connectivity index is 1.78. The Bertz CT molecular complexity index is 945. The summed E-state index contributed by atoms with van der Waals surface area (Å²) >= 11 is 12.0. The molecule has 12 heteroatoms. The van der Waals surface area contributed by atoms with Crippen LogP contribution in [-0.4, -0.2) is 37.4 Å². The van der Waals surface area contributed by atoms with Crippen LogP contribution in [0, 0.1) is 6.92 Å². The van der Waals surface area contributed by atoms with Crippen LogP contribution in [0.15, 0.2) is 27.9 Å². The summed E-state index contributed by atoms with van der Waals surface area (Å²) in [7, 11) is 0. The highest BCUT2D eigenvalue weighted by Crippen LogP contribution is 2.22. The van der Waals surface area contributed by atoms with Gasteiger partial charge in [0, 0.05) is 5.56 Å². The van der Waals surface area contributed by atoms with Gasteiger partial charge in [-0.15, -0.1) is 5.10 Å². The summed E-state index contributed by atoms with van der Waals surface area (Å²) in [5.74, 6) is -0.431. The van der Waals surface area contributed by atoms with Gasteiger partial charge in [0.2, 0.25) is 11.6 Å². The standard InChI is InChI=1S/C13H10Cl2N8O2/c1-6-10(18-22-23(6)12-11(16)20-25-21-12)13(24)19-17-5-7-8(14)3-2-4-9(7)15/h2-5H,1H3,(H2,16,20)(H,19,24)/b17-5-. The first-order chi connectivity index (χ1) is 12.0. The molecule has 128 valence electrons. The molecule has 3 aromatic rings. The van der Waals surface area contributed by atoms with Crippen LogP contribution in [0.3, 0.4) is 0 Å². The van der Waals surface area contributed by atoms with Crippen molar-refractivity contribution in [1.29, 1.82) is 0 Å². The number of nitrogens with one attached hydrogen (secondary N) is 1. The van der Waals surface area contributed by atoms with Crippen molar-refractivity contribution in [2.75, 3.05) is 5.73 Å². The number of anilines is 1. The lowest BCUT2D eigenvalue weighted by molar-refractivity contribution is 0.0949. The van der Waals surface area contributed by atoms with E-state index < -0.39 is 5.91 Å². The first-order valence-electron chi connectivity index (χ1n) is 6.77. The summed E-state index contributed by atoms with van der Waals surface area (Å²) in [6, 6.07) is 5.01. The normalized spacial score (nSPS) is 11.2. The summed E-state index contributed by atoms with van der Waals surface area (Å²) in [6.07, 6.45) is 1.34. The minimum Gasteiger partial charge on any atom is -0.378 e. The zero-order valence-corrected chi connectivity index (χ0v) is 14.2. The second-order valence-electron chi connectivity index (χ2n) is 4.74. The van der Waals surface area contributed by atoms with Crippen LogP contribution in [0.4, 0.5) is 5.82 Å². The summed E-state index contributed by atoms with van der Waals surface area (Å²) in [5, 5.41) is 19.3. The Hall–Kier alpha value is -2.98. The molecule has 3 N–H and O–H groups in total. The van der Waals surface area contributed by atoms with Gasteiger partial charge < -0.3 is 5.73 Å². The molecule has 10 nitrogen and oxygen atoms in total. The number of nitrogen functional groups attached to an aromatic ring is 1. The second kappa shape index (κ2) is 6.87. The first-order valence-corrected chi connectivity index (χ1v) is 7.52. The fourth-order valence-electron chi connectivity index (χ4n) is 1.92. The van der Waals surface area contributed by atoms with E-state index in [4.69, 9.17) is 28.9 Å². The van der Waals surface area contributed by atoms with Crippen LogP contribution in [0.25, 0.3) is 5.82 Å². The summed E-state index contributed by atoms with van der Waals surface area (Å²) in [4.78, 5) is 12.2. The third kappa shape index (κ3) is 3.30. The number of hydrogen-bond donors (Lipinski definition) is 2. The van der Waals surface area contributed by atoms with Gasteiger partial charge in [-0.25, -0.2) is 10.1 Å². The number of carbonyl (C=O) groups is 1. The molecule has 1 amide bonds. The Morgan fingerprint density at radius 3 is 2.72 bits per heavy atom. The van der Waals surface area contributed by atoms with E-state index in [0.29, 0.717) is 21.3 Å². The van der Waals surface area contributed by atoms with Gasteiger partial charge in [0.1, 0.15) is 0 Å². The zero-order valence-electron chi connectivity index (χ0n) is 12.6. The van der Waals surface area contributed by atoms with Crippen LogP contribution in [0.1, 0.15) is 21.7 Å². The van der Waals surface area contributed by atoms with Crippen LogP contribution in [-0.2, 0) is 0 Å². The number of benzene rings is 1. The van der Waals surface area contributed by atoms with Crippen LogP contribution in [0.2, 0.25) is 10.0 Å². The number of rotatable bonds is 4. The second-order valence-corrected chi connectivity index (χ2v) is 5.56. The Morgan fingerprint density at radius 1 is 1.36 bits per heavy atom. The minimum absolute atomic E-state index is 0.0198. The monoisotopic (exact) mass is 380 g/mol. The SMILES string of the molecule is Cc1c(C(=O)N/N=C\c2c(Cl)cccc2Cl)nnn1-c1nonc1N. The Kier molecular flexibility index (Phi) is 4.63. The molecule has 0 unspecified atom stereocenters. The van der Waals surface area contributed by atoms with Gasteiger partial charge >= 0.3 is 0 Å². The van der Waals surface area contributed by atoms with E-state index >= 15 is 0 Å². The highest BCUT2D eigenvalue weighted by atomic mass is 35.5. The van der Waals surface area contributed by atoms with Crippen molar-refractivity contribution in [2.24, 2.45) is 5.10 Å². The highest BCUT2D eigenvalue weighted by Gasteiger charge is 2.20. The molecule has 0 aliphatic carbocycles. The van der Waals surface area contributed by atoms with Crippen molar-refractivity contribution in [3.8, 4) is 5.82 Å². The van der Waals surface area contributed by atoms with Gasteiger partial charge in [-0.3, -0.25) is 4.79 Å². The van der Waals surface area contributed by atoms with Crippen LogP contribution in [0.5, 0.6) is 0 Å². The van der Waals surface area contributed by atoms with E-state index in [1.54, 1.807) is 25.1 Å². The zero-order chi connectivity index (χ0) is 18.0. The molecule has 0 aliphatic rings. The lowest BCUT2D eigenvalue weighted by Gasteiger charge is -2.01. The van der Waals surface area contributed by atoms with Crippen molar-refractivity contribution < 1.29 is 9.42 Å². The minimum atomic E-state index is -0.585. The molecular weight excluding hydrogens is 371 g/mol. The van der Waals surface area contributed by atoms with E-state index in [-0.39, 0.29) is 17.3 Å². The molecule has 0 saturated heterocycles. The molecule has 0 aliphatic heterocycles. The van der Waals surface area contributed by atoms with E-state index in [0.717, 1.165) is 0 Å². The molecule has 25 heavy (non-hydrogen) atoms. The number of amides is 1. The molecule has 1 aromatic carbocycles. The molecule has 0 atom stereocenters. The predicted octanol–water partition coefficient (Wildman–Crippen LogP) is 1.61. The fraction of sp³-hybridized carbons (Fsp3) is 0.0769. The third-order valence-electron chi connectivity index (χ3n) is 3.17. The van der Waals surface area contributed by atoms with Crippen molar-refractivity contribution in [2.45, 2.75) is 6.92 Å². The van der Waals surface area contributed by atoms with Crippen molar-refractivity contribution >= 4 is 41.1 Å². The van der Waals surface area contributed by atoms with Gasteiger partial charge in [-0.2, -0.15) is 9.78 Å². The third-order valence-corrected chi connectivity index (χ3v) is 3.82. The van der Waals surface area contributed by atoms with Gasteiger partial charge in [0.05, 0.1) is 22.0 Å². The lowest BCUT2D eigenvalue weighted by atomic mass is 10.2. The number of hydrogen-bond acceptors (Lipinski definition) is 8. The summed E-state index contributed by atoms with van der Waals surface area (Å²) in [6.45, 7) is 1.61. The van der Waals surface area contributed by atoms with Gasteiger partial charge in [-0.1, -0.05) is 34.5 Å². The number of halogens is 2. The quantitative estimate of drug-likeness (QED) is 0.517. The Labute approximate surface area is 150 Å². The van der Waals surface area contributed by atoms with Gasteiger partial charge in [-0.05, 0) is 29.4 Å². The number of hydrazone groups is 1. The first kappa shape index (κ1) is 16.9. The summed E-state index contributed by atoms with van der Waals surface area (Å²) < 4.78 is 5.73. The maximum atomic E-state index is 12.2. The number of nitrogens with zero attached hydrogens (tertiary/aromatic N) is 6. The molecule has 3 rings (SSSR count). The summed E-state index contributed by atoms with van der Waals surface area (Å²) in [5.41, 5.74) is 8.81. The van der Waals surface area contributed by atoms with E-state index in [1.165, 1.54) is 10.9 Å². The van der Waals surface area contributed by atoms with Crippen molar-refractivity contribution in [1.82, 2.24) is 30.7 Å². The average molecular weight is 381 g/mol. The van der Waals surface area contributed by atoms with Crippen molar-refractivity contribution in [3.05, 3.63) is 45.2 Å². The number of carbonyl (C=O) groups excluding carboxylic acids is 1. The topological polar surface area (TPSA) is 137 Å². The van der Waals surface area contributed by atoms with E-state index in [1.807, 2.05) is 0 Å². The molecular formula is C13H10Cl2N8O2. The van der Waals surface area contributed by atoms with Gasteiger partial charge in [0.25, 0.3) is 5.91 Å². The lowest BCUT2D eigenvalue weighted by Crippen LogP contribution is -2.19. The number of nitrogens with two attached hydrogens (primary N) is 1. The highest BCUT2D eigenvalue weighted by molar-refractivity contribution is 6.38. The van der Waals surface area contributed by atoms with Crippen molar-refractivity contribution in [3.63, 3.8) is 0 Å². The fourth-order valence-corrected chi connectivity index (χ4v) is 2.42. The Morgan fingerprint density at radius 2 is 2.08 bits per heavy atom. The average Bonchev–Trinajstić information content (AvgIpc) is 3.15.